The van der Waals surface area contributed by atoms with Crippen LogP contribution in [0, 0.1) is 12.7 Å². The van der Waals surface area contributed by atoms with E-state index in [-0.39, 0.29) is 19.0 Å². The van der Waals surface area contributed by atoms with Crippen molar-refractivity contribution in [3.8, 4) is 5.75 Å². The highest BCUT2D eigenvalue weighted by Gasteiger charge is 2.15. The molecule has 0 bridgehead atoms. The highest BCUT2D eigenvalue weighted by Crippen LogP contribution is 2.21. The van der Waals surface area contributed by atoms with Crippen LogP contribution in [0.1, 0.15) is 21.7 Å². The van der Waals surface area contributed by atoms with E-state index in [0.717, 1.165) is 5.69 Å². The number of carbonyl (C=O) groups is 1. The maximum absolute atomic E-state index is 14.1. The number of aromatic nitrogens is 4. The number of rotatable bonds is 7. The van der Waals surface area contributed by atoms with Crippen LogP contribution in [0.5, 0.6) is 5.75 Å². The Morgan fingerprint density at radius 3 is 2.72 bits per heavy atom. The van der Waals surface area contributed by atoms with Crippen molar-refractivity contribution in [3.63, 3.8) is 0 Å². The van der Waals surface area contributed by atoms with Crippen molar-refractivity contribution in [2.45, 2.75) is 20.2 Å². The van der Waals surface area contributed by atoms with Crippen LogP contribution in [0.4, 0.5) is 10.2 Å². The summed E-state index contributed by atoms with van der Waals surface area (Å²) in [5.41, 5.74) is 1.26. The van der Waals surface area contributed by atoms with Gasteiger partial charge in [-0.3, -0.25) is 9.48 Å². The van der Waals surface area contributed by atoms with Gasteiger partial charge in [0.05, 0.1) is 6.54 Å². The zero-order valence-corrected chi connectivity index (χ0v) is 18.4. The lowest BCUT2D eigenvalue weighted by Gasteiger charge is -2.07. The first-order valence-corrected chi connectivity index (χ1v) is 10.3. The Kier molecular flexibility index (Phi) is 6.43. The highest BCUT2D eigenvalue weighted by molar-refractivity contribution is 6.31. The summed E-state index contributed by atoms with van der Waals surface area (Å²) in [6.45, 7) is 2.06. The minimum atomic E-state index is -0.430. The van der Waals surface area contributed by atoms with E-state index in [9.17, 15) is 9.18 Å². The number of anilines is 1. The summed E-state index contributed by atoms with van der Waals surface area (Å²) < 4.78 is 22.7. The molecule has 10 heteroatoms. The van der Waals surface area contributed by atoms with E-state index in [4.69, 9.17) is 27.9 Å². The Balaban J connectivity index is 1.40. The van der Waals surface area contributed by atoms with Gasteiger partial charge in [0.25, 0.3) is 5.91 Å². The summed E-state index contributed by atoms with van der Waals surface area (Å²) in [5.74, 6) is 0.0725. The van der Waals surface area contributed by atoms with E-state index in [1.54, 1.807) is 66.3 Å². The molecule has 0 spiro atoms. The van der Waals surface area contributed by atoms with E-state index in [0.29, 0.717) is 27.2 Å². The van der Waals surface area contributed by atoms with Gasteiger partial charge in [0.2, 0.25) is 0 Å². The van der Waals surface area contributed by atoms with Crippen LogP contribution in [0.15, 0.2) is 60.8 Å². The molecule has 4 rings (SSSR count). The normalized spacial score (nSPS) is 10.9. The molecule has 32 heavy (non-hydrogen) atoms. The van der Waals surface area contributed by atoms with Gasteiger partial charge in [-0.15, -0.1) is 0 Å². The van der Waals surface area contributed by atoms with Crippen LogP contribution in [0.2, 0.25) is 10.0 Å². The van der Waals surface area contributed by atoms with E-state index in [2.05, 4.69) is 15.5 Å². The number of hydrogen-bond donors (Lipinski definition) is 1. The number of nitrogens with zero attached hydrogens (tertiary/aromatic N) is 4. The third-order valence-corrected chi connectivity index (χ3v) is 5.21. The molecule has 2 aromatic heterocycles. The lowest BCUT2D eigenvalue weighted by Crippen LogP contribution is -2.15. The van der Waals surface area contributed by atoms with Crippen molar-refractivity contribution in [1.82, 2.24) is 19.6 Å². The van der Waals surface area contributed by atoms with Gasteiger partial charge in [0.15, 0.2) is 18.2 Å². The van der Waals surface area contributed by atoms with Crippen LogP contribution >= 0.6 is 23.2 Å². The molecular weight excluding hydrogens is 456 g/mol. The second-order valence-corrected chi connectivity index (χ2v) is 7.80. The predicted molar refractivity (Wildman–Crippen MR) is 120 cm³/mol. The number of amides is 1. The standard InChI is InChI=1S/C22H18Cl2FN5O2/c1-14-10-21(28-30(14)12-17-18(24)6-3-7-19(17)25)26-22(31)20-8-9-29(27-20)13-32-16-5-2-4-15(23)11-16/h2-11H,12-13H2,1H3,(H,26,28,31). The van der Waals surface area contributed by atoms with Crippen LogP contribution < -0.4 is 10.1 Å². The summed E-state index contributed by atoms with van der Waals surface area (Å²) in [7, 11) is 0. The van der Waals surface area contributed by atoms with Crippen molar-refractivity contribution in [2.24, 2.45) is 0 Å². The number of benzene rings is 2. The maximum atomic E-state index is 14.1. The molecule has 0 unspecified atom stereocenters. The highest BCUT2D eigenvalue weighted by atomic mass is 35.5. The molecule has 0 aliphatic rings. The Morgan fingerprint density at radius 2 is 1.94 bits per heavy atom. The van der Waals surface area contributed by atoms with Crippen LogP contribution in [0.3, 0.4) is 0 Å². The first-order valence-electron chi connectivity index (χ1n) is 9.59. The molecule has 0 radical (unpaired) electrons. The molecule has 2 heterocycles. The van der Waals surface area contributed by atoms with Gasteiger partial charge in [0.1, 0.15) is 11.6 Å². The summed E-state index contributed by atoms with van der Waals surface area (Å²) in [4.78, 5) is 12.6. The first-order chi connectivity index (χ1) is 15.4. The molecule has 0 aliphatic carbocycles. The molecule has 0 saturated carbocycles. The van der Waals surface area contributed by atoms with Gasteiger partial charge in [-0.05, 0) is 43.3 Å². The van der Waals surface area contributed by atoms with Crippen LogP contribution in [-0.4, -0.2) is 25.5 Å². The maximum Gasteiger partial charge on any atom is 0.277 e. The van der Waals surface area contributed by atoms with Gasteiger partial charge in [-0.2, -0.15) is 10.2 Å². The SMILES string of the molecule is Cc1cc(NC(=O)c2ccn(COc3cccc(Cl)c3)n2)nn1Cc1c(F)cccc1Cl. The van der Waals surface area contributed by atoms with Crippen molar-refractivity contribution in [1.29, 1.82) is 0 Å². The summed E-state index contributed by atoms with van der Waals surface area (Å²) in [5, 5.41) is 12.1. The number of halogens is 3. The monoisotopic (exact) mass is 473 g/mol. The van der Waals surface area contributed by atoms with E-state index >= 15 is 0 Å². The molecular formula is C22H18Cl2FN5O2. The fraction of sp³-hybridized carbons (Fsp3) is 0.136. The fourth-order valence-corrected chi connectivity index (χ4v) is 3.40. The minimum absolute atomic E-state index is 0.116. The van der Waals surface area contributed by atoms with Crippen molar-refractivity contribution in [3.05, 3.63) is 93.6 Å². The van der Waals surface area contributed by atoms with Crippen molar-refractivity contribution in [2.75, 3.05) is 5.32 Å². The van der Waals surface area contributed by atoms with Gasteiger partial charge in [0, 0.05) is 33.6 Å². The molecule has 7 nitrogen and oxygen atoms in total. The predicted octanol–water partition coefficient (Wildman–Crippen LogP) is 5.17. The third-order valence-electron chi connectivity index (χ3n) is 4.63. The van der Waals surface area contributed by atoms with E-state index in [1.165, 1.54) is 10.7 Å². The van der Waals surface area contributed by atoms with Crippen LogP contribution in [-0.2, 0) is 13.3 Å². The molecule has 0 aliphatic heterocycles. The topological polar surface area (TPSA) is 74.0 Å². The van der Waals surface area contributed by atoms with Crippen molar-refractivity contribution < 1.29 is 13.9 Å². The Bertz CT molecular complexity index is 1250. The lowest BCUT2D eigenvalue weighted by atomic mass is 10.2. The number of carbonyl (C=O) groups excluding carboxylic acids is 1. The largest absolute Gasteiger partial charge is 0.471 e. The number of aryl methyl sites for hydroxylation is 1. The van der Waals surface area contributed by atoms with Gasteiger partial charge in [-0.1, -0.05) is 35.3 Å². The molecule has 1 N–H and O–H groups in total. The third kappa shape index (κ3) is 5.09. The number of hydrogen-bond acceptors (Lipinski definition) is 4. The molecule has 2 aromatic carbocycles. The van der Waals surface area contributed by atoms with E-state index < -0.39 is 11.7 Å². The van der Waals surface area contributed by atoms with Gasteiger partial charge >= 0.3 is 0 Å². The smallest absolute Gasteiger partial charge is 0.277 e. The lowest BCUT2D eigenvalue weighted by molar-refractivity contribution is 0.101. The summed E-state index contributed by atoms with van der Waals surface area (Å²) >= 11 is 12.0. The Labute approximate surface area is 193 Å². The van der Waals surface area contributed by atoms with Crippen molar-refractivity contribution >= 4 is 34.9 Å². The average molecular weight is 474 g/mol. The summed E-state index contributed by atoms with van der Waals surface area (Å²) in [6, 6.07) is 14.7. The molecule has 4 aromatic rings. The van der Waals surface area contributed by atoms with Gasteiger partial charge < -0.3 is 10.1 Å². The molecule has 0 fully saturated rings. The minimum Gasteiger partial charge on any atom is -0.471 e. The quantitative estimate of drug-likeness (QED) is 0.401. The molecule has 0 saturated heterocycles. The molecule has 1 amide bonds. The molecule has 0 atom stereocenters. The Hall–Kier alpha value is -3.36. The molecule has 164 valence electrons. The average Bonchev–Trinajstić information content (AvgIpc) is 3.36. The first kappa shape index (κ1) is 21.9. The Morgan fingerprint density at radius 1 is 1.12 bits per heavy atom. The van der Waals surface area contributed by atoms with Crippen LogP contribution in [0.25, 0.3) is 0 Å². The number of nitrogens with one attached hydrogen (secondary N) is 1. The second-order valence-electron chi connectivity index (χ2n) is 6.95. The summed E-state index contributed by atoms with van der Waals surface area (Å²) in [6.07, 6.45) is 1.63. The second kappa shape index (κ2) is 9.42. The fourth-order valence-electron chi connectivity index (χ4n) is 3.00. The zero-order valence-electron chi connectivity index (χ0n) is 16.9. The van der Waals surface area contributed by atoms with Gasteiger partial charge in [-0.25, -0.2) is 9.07 Å². The zero-order chi connectivity index (χ0) is 22.7. The van der Waals surface area contributed by atoms with E-state index in [1.807, 2.05) is 0 Å². The number of ether oxygens (including phenoxy) is 1.